The van der Waals surface area contributed by atoms with Gasteiger partial charge < -0.3 is 5.32 Å². The molecule has 1 aliphatic heterocycles. The fraction of sp³-hybridized carbons (Fsp3) is 0.450. The van der Waals surface area contributed by atoms with Gasteiger partial charge >= 0.3 is 0 Å². The fourth-order valence-corrected chi connectivity index (χ4v) is 6.42. The van der Waals surface area contributed by atoms with Gasteiger partial charge in [0.25, 0.3) is 10.0 Å². The molecular weight excluding hydrogens is 430 g/mol. The Morgan fingerprint density at radius 3 is 2.34 bits per heavy atom. The minimum Gasteiger partial charge on any atom is -0.354 e. The van der Waals surface area contributed by atoms with Crippen LogP contribution in [0.2, 0.25) is 4.34 Å². The molecule has 6 nitrogen and oxygen atoms in total. The van der Waals surface area contributed by atoms with Crippen LogP contribution in [0.4, 0.5) is 0 Å². The van der Waals surface area contributed by atoms with E-state index in [9.17, 15) is 13.2 Å². The lowest BCUT2D eigenvalue weighted by Crippen LogP contribution is -2.55. The Kier molecular flexibility index (Phi) is 7.34. The summed E-state index contributed by atoms with van der Waals surface area (Å²) in [6, 6.07) is 12.9. The van der Waals surface area contributed by atoms with Crippen LogP contribution in [-0.4, -0.2) is 62.3 Å². The lowest BCUT2D eigenvalue weighted by molar-refractivity contribution is -0.126. The molecule has 0 spiro atoms. The average molecular weight is 456 g/mol. The molecule has 1 aliphatic rings. The van der Waals surface area contributed by atoms with Crippen LogP contribution in [0, 0.1) is 0 Å². The molecule has 3 rings (SSSR count). The van der Waals surface area contributed by atoms with E-state index in [1.165, 1.54) is 9.87 Å². The zero-order valence-corrected chi connectivity index (χ0v) is 18.9. The third-order valence-electron chi connectivity index (χ3n) is 5.29. The molecule has 2 heterocycles. The van der Waals surface area contributed by atoms with Gasteiger partial charge in [0.1, 0.15) is 4.21 Å². The number of piperazine rings is 1. The van der Waals surface area contributed by atoms with Crippen molar-refractivity contribution in [2.24, 2.45) is 0 Å². The van der Waals surface area contributed by atoms with Crippen molar-refractivity contribution in [3.05, 3.63) is 52.4 Å². The standard InChI is InChI=1S/C20H26ClN3O3S2/c1-15(17-6-4-3-5-7-17)14-22-20(25)16(2)23-10-12-24(13-11-23)29(26,27)19-9-8-18(21)28-19/h3-9,15-16H,10-14H2,1-2H3,(H,22,25). The van der Waals surface area contributed by atoms with Crippen LogP contribution in [-0.2, 0) is 14.8 Å². The van der Waals surface area contributed by atoms with Crippen molar-refractivity contribution in [3.63, 3.8) is 0 Å². The summed E-state index contributed by atoms with van der Waals surface area (Å²) in [5, 5.41) is 3.02. The molecule has 0 bridgehead atoms. The van der Waals surface area contributed by atoms with Gasteiger partial charge in [0, 0.05) is 32.7 Å². The number of nitrogens with zero attached hydrogens (tertiary/aromatic N) is 2. The van der Waals surface area contributed by atoms with E-state index in [0.717, 1.165) is 11.3 Å². The third-order valence-corrected chi connectivity index (χ3v) is 8.89. The van der Waals surface area contributed by atoms with Crippen LogP contribution in [0.1, 0.15) is 25.3 Å². The number of thiophene rings is 1. The molecule has 1 N–H and O–H groups in total. The molecule has 1 amide bonds. The molecule has 1 saturated heterocycles. The Hall–Kier alpha value is -1.45. The van der Waals surface area contributed by atoms with E-state index >= 15 is 0 Å². The topological polar surface area (TPSA) is 69.7 Å². The monoisotopic (exact) mass is 455 g/mol. The molecule has 1 aromatic heterocycles. The number of benzene rings is 1. The molecule has 158 valence electrons. The molecule has 0 aliphatic carbocycles. The highest BCUT2D eigenvalue weighted by Crippen LogP contribution is 2.28. The first-order valence-electron chi connectivity index (χ1n) is 9.61. The predicted molar refractivity (Wildman–Crippen MR) is 117 cm³/mol. The third kappa shape index (κ3) is 5.38. The van der Waals surface area contributed by atoms with Crippen molar-refractivity contribution in [2.75, 3.05) is 32.7 Å². The number of rotatable bonds is 7. The van der Waals surface area contributed by atoms with Gasteiger partial charge in [-0.1, -0.05) is 48.9 Å². The summed E-state index contributed by atoms with van der Waals surface area (Å²) in [4.78, 5) is 14.6. The normalized spacial score (nSPS) is 18.3. The summed E-state index contributed by atoms with van der Waals surface area (Å²) >= 11 is 6.94. The molecule has 0 radical (unpaired) electrons. The van der Waals surface area contributed by atoms with E-state index < -0.39 is 10.0 Å². The SMILES string of the molecule is CC(CNC(=O)C(C)N1CCN(S(=O)(=O)c2ccc(Cl)s2)CC1)c1ccccc1. The number of amides is 1. The zero-order chi connectivity index (χ0) is 21.0. The zero-order valence-electron chi connectivity index (χ0n) is 16.5. The highest BCUT2D eigenvalue weighted by molar-refractivity contribution is 7.91. The van der Waals surface area contributed by atoms with Crippen molar-refractivity contribution >= 4 is 38.9 Å². The Bertz CT molecular complexity index is 925. The number of hydrogen-bond acceptors (Lipinski definition) is 5. The lowest BCUT2D eigenvalue weighted by Gasteiger charge is -2.36. The van der Waals surface area contributed by atoms with E-state index in [0.29, 0.717) is 37.1 Å². The molecule has 9 heteroatoms. The average Bonchev–Trinajstić information content (AvgIpc) is 3.19. The van der Waals surface area contributed by atoms with Crippen LogP contribution in [0.5, 0.6) is 0 Å². The summed E-state index contributed by atoms with van der Waals surface area (Å²) in [6.45, 7) is 6.27. The smallest absolute Gasteiger partial charge is 0.252 e. The molecule has 0 saturated carbocycles. The quantitative estimate of drug-likeness (QED) is 0.696. The maximum Gasteiger partial charge on any atom is 0.252 e. The van der Waals surface area contributed by atoms with Gasteiger partial charge in [-0.05, 0) is 30.5 Å². The number of carbonyl (C=O) groups excluding carboxylic acids is 1. The molecule has 1 aromatic carbocycles. The van der Waals surface area contributed by atoms with Crippen LogP contribution in [0.3, 0.4) is 0 Å². The maximum atomic E-state index is 12.7. The van der Waals surface area contributed by atoms with Gasteiger partial charge in [0.15, 0.2) is 0 Å². The van der Waals surface area contributed by atoms with Crippen LogP contribution in [0.15, 0.2) is 46.7 Å². The van der Waals surface area contributed by atoms with E-state index in [1.807, 2.05) is 30.0 Å². The van der Waals surface area contributed by atoms with Crippen molar-refractivity contribution < 1.29 is 13.2 Å². The van der Waals surface area contributed by atoms with E-state index in [4.69, 9.17) is 11.6 Å². The maximum absolute atomic E-state index is 12.7. The minimum atomic E-state index is -3.52. The Labute approximate surface area is 181 Å². The second-order valence-electron chi connectivity index (χ2n) is 7.23. The van der Waals surface area contributed by atoms with E-state index in [1.54, 1.807) is 12.1 Å². The van der Waals surface area contributed by atoms with Crippen LogP contribution in [0.25, 0.3) is 0 Å². The summed E-state index contributed by atoms with van der Waals surface area (Å²) in [5.74, 6) is 0.195. The van der Waals surface area contributed by atoms with E-state index in [2.05, 4.69) is 24.4 Å². The van der Waals surface area contributed by atoms with Crippen LogP contribution < -0.4 is 5.32 Å². The van der Waals surface area contributed by atoms with Crippen molar-refractivity contribution in [1.29, 1.82) is 0 Å². The first-order valence-corrected chi connectivity index (χ1v) is 12.2. The number of sulfonamides is 1. The summed E-state index contributed by atoms with van der Waals surface area (Å²) in [5.41, 5.74) is 1.19. The summed E-state index contributed by atoms with van der Waals surface area (Å²) in [6.07, 6.45) is 0. The molecule has 2 atom stereocenters. The van der Waals surface area contributed by atoms with Gasteiger partial charge in [0.05, 0.1) is 10.4 Å². The molecule has 2 unspecified atom stereocenters. The number of nitrogens with one attached hydrogen (secondary N) is 1. The van der Waals surface area contributed by atoms with Gasteiger partial charge in [-0.3, -0.25) is 9.69 Å². The van der Waals surface area contributed by atoms with Crippen LogP contribution >= 0.6 is 22.9 Å². The Morgan fingerprint density at radius 2 is 1.76 bits per heavy atom. The lowest BCUT2D eigenvalue weighted by atomic mass is 10.0. The number of carbonyl (C=O) groups is 1. The first kappa shape index (κ1) is 22.2. The number of hydrogen-bond donors (Lipinski definition) is 1. The van der Waals surface area contributed by atoms with Gasteiger partial charge in [-0.2, -0.15) is 4.31 Å². The fourth-order valence-electron chi connectivity index (χ4n) is 3.36. The molecule has 29 heavy (non-hydrogen) atoms. The molecule has 2 aromatic rings. The van der Waals surface area contributed by atoms with Crippen molar-refractivity contribution in [1.82, 2.24) is 14.5 Å². The predicted octanol–water partition coefficient (Wildman–Crippen LogP) is 3.02. The molecular formula is C20H26ClN3O3S2. The highest BCUT2D eigenvalue weighted by Gasteiger charge is 2.32. The summed E-state index contributed by atoms with van der Waals surface area (Å²) < 4.78 is 27.6. The van der Waals surface area contributed by atoms with Gasteiger partial charge in [0.2, 0.25) is 5.91 Å². The largest absolute Gasteiger partial charge is 0.354 e. The minimum absolute atomic E-state index is 0.0332. The molecule has 1 fully saturated rings. The Morgan fingerprint density at radius 1 is 1.10 bits per heavy atom. The van der Waals surface area contributed by atoms with E-state index in [-0.39, 0.29) is 22.1 Å². The van der Waals surface area contributed by atoms with Crippen molar-refractivity contribution in [3.8, 4) is 0 Å². The van der Waals surface area contributed by atoms with Gasteiger partial charge in [-0.15, -0.1) is 11.3 Å². The number of halogens is 1. The summed E-state index contributed by atoms with van der Waals surface area (Å²) in [7, 11) is -3.52. The van der Waals surface area contributed by atoms with Crippen molar-refractivity contribution in [2.45, 2.75) is 30.0 Å². The Balaban J connectivity index is 1.50. The first-order chi connectivity index (χ1) is 13.8. The highest BCUT2D eigenvalue weighted by atomic mass is 35.5. The second kappa shape index (κ2) is 9.57. The second-order valence-corrected chi connectivity index (χ2v) is 11.1. The van der Waals surface area contributed by atoms with Gasteiger partial charge in [-0.25, -0.2) is 8.42 Å².